The minimum absolute atomic E-state index is 0.128. The Labute approximate surface area is 189 Å². The summed E-state index contributed by atoms with van der Waals surface area (Å²) >= 11 is 1.35. The van der Waals surface area contributed by atoms with Crippen LogP contribution in [0.15, 0.2) is 102 Å². The highest BCUT2D eigenvalue weighted by atomic mass is 32.2. The summed E-state index contributed by atoms with van der Waals surface area (Å²) in [5, 5.41) is 13.4. The fourth-order valence-corrected chi connectivity index (χ4v) is 4.22. The van der Waals surface area contributed by atoms with E-state index in [1.165, 1.54) is 11.8 Å². The minimum atomic E-state index is -0.128. The maximum atomic E-state index is 12.7. The van der Waals surface area contributed by atoms with Crippen molar-refractivity contribution in [2.24, 2.45) is 0 Å². The van der Waals surface area contributed by atoms with Crippen molar-refractivity contribution in [2.45, 2.75) is 5.16 Å². The van der Waals surface area contributed by atoms with E-state index in [4.69, 9.17) is 0 Å². The van der Waals surface area contributed by atoms with E-state index in [-0.39, 0.29) is 11.7 Å². The summed E-state index contributed by atoms with van der Waals surface area (Å²) in [6, 6.07) is 29.4. The van der Waals surface area contributed by atoms with Crippen LogP contribution in [0.1, 0.15) is 0 Å². The number of carbonyl (C=O) groups excluding carboxylic acids is 1. The first-order valence-electron chi connectivity index (χ1n) is 10.1. The van der Waals surface area contributed by atoms with E-state index in [0.29, 0.717) is 10.8 Å². The lowest BCUT2D eigenvalue weighted by molar-refractivity contribution is -0.113. The van der Waals surface area contributed by atoms with Crippen LogP contribution in [0.5, 0.6) is 0 Å². The van der Waals surface area contributed by atoms with E-state index in [1.807, 2.05) is 95.6 Å². The van der Waals surface area contributed by atoms with Crippen molar-refractivity contribution < 1.29 is 4.79 Å². The summed E-state index contributed by atoms with van der Waals surface area (Å²) < 4.78 is 1.98. The molecule has 0 unspecified atom stereocenters. The molecule has 1 N–H and O–H groups in total. The Morgan fingerprint density at radius 1 is 0.844 bits per heavy atom. The van der Waals surface area contributed by atoms with Crippen molar-refractivity contribution in [3.63, 3.8) is 0 Å². The number of para-hydroxylation sites is 2. The lowest BCUT2D eigenvalue weighted by Crippen LogP contribution is -2.15. The summed E-state index contributed by atoms with van der Waals surface area (Å²) in [4.78, 5) is 17.1. The minimum Gasteiger partial charge on any atom is -0.323 e. The third-order valence-corrected chi connectivity index (χ3v) is 5.85. The van der Waals surface area contributed by atoms with Crippen LogP contribution in [0.3, 0.4) is 0 Å². The van der Waals surface area contributed by atoms with Gasteiger partial charge in [0.2, 0.25) is 5.91 Å². The first-order chi connectivity index (χ1) is 15.8. The van der Waals surface area contributed by atoms with Crippen molar-refractivity contribution >= 4 is 34.3 Å². The molecule has 0 aliphatic carbocycles. The third kappa shape index (κ3) is 4.10. The molecular weight excluding hydrogens is 418 g/mol. The van der Waals surface area contributed by atoms with Crippen LogP contribution in [0, 0.1) is 0 Å². The van der Waals surface area contributed by atoms with Crippen LogP contribution in [-0.4, -0.2) is 31.4 Å². The van der Waals surface area contributed by atoms with Gasteiger partial charge in [-0.25, -0.2) is 0 Å². The van der Waals surface area contributed by atoms with Gasteiger partial charge >= 0.3 is 0 Å². The molecule has 0 aliphatic heterocycles. The number of pyridine rings is 1. The van der Waals surface area contributed by atoms with Gasteiger partial charge in [-0.1, -0.05) is 78.5 Å². The maximum absolute atomic E-state index is 12.7. The zero-order chi connectivity index (χ0) is 21.8. The van der Waals surface area contributed by atoms with Crippen LogP contribution < -0.4 is 5.32 Å². The summed E-state index contributed by atoms with van der Waals surface area (Å²) in [5.74, 6) is 0.804. The lowest BCUT2D eigenvalue weighted by Gasteiger charge is -2.11. The monoisotopic (exact) mass is 437 g/mol. The second kappa shape index (κ2) is 9.03. The van der Waals surface area contributed by atoms with E-state index >= 15 is 0 Å². The second-order valence-corrected chi connectivity index (χ2v) is 8.00. The zero-order valence-electron chi connectivity index (χ0n) is 17.1. The Hall–Kier alpha value is -3.97. The molecule has 2 aromatic heterocycles. The molecule has 0 atom stereocenters. The molecule has 0 saturated carbocycles. The molecule has 2 heterocycles. The number of hydrogen-bond donors (Lipinski definition) is 1. The number of aromatic nitrogens is 4. The van der Waals surface area contributed by atoms with Crippen LogP contribution >= 0.6 is 11.8 Å². The number of fused-ring (bicyclic) bond motifs is 1. The smallest absolute Gasteiger partial charge is 0.234 e. The second-order valence-electron chi connectivity index (χ2n) is 7.06. The van der Waals surface area contributed by atoms with Crippen LogP contribution in [-0.2, 0) is 4.79 Å². The van der Waals surface area contributed by atoms with Gasteiger partial charge in [0, 0.05) is 22.8 Å². The molecule has 5 rings (SSSR count). The van der Waals surface area contributed by atoms with Gasteiger partial charge in [-0.15, -0.1) is 10.2 Å². The van der Waals surface area contributed by atoms with Gasteiger partial charge in [0.1, 0.15) is 0 Å². The molecule has 0 bridgehead atoms. The van der Waals surface area contributed by atoms with Crippen molar-refractivity contribution in [1.29, 1.82) is 0 Å². The SMILES string of the molecule is O=C(CSc1nnc(-c2ccccc2)n1-c1ccccc1)Nc1cccc2cccnc12. The predicted octanol–water partition coefficient (Wildman–Crippen LogP) is 5.21. The highest BCUT2D eigenvalue weighted by Crippen LogP contribution is 2.28. The predicted molar refractivity (Wildman–Crippen MR) is 128 cm³/mol. The highest BCUT2D eigenvalue weighted by Gasteiger charge is 2.17. The molecule has 1 amide bonds. The van der Waals surface area contributed by atoms with Crippen molar-refractivity contribution in [3.8, 4) is 17.1 Å². The Morgan fingerprint density at radius 2 is 1.59 bits per heavy atom. The first-order valence-corrected chi connectivity index (χ1v) is 11.1. The third-order valence-electron chi connectivity index (χ3n) is 4.92. The number of amides is 1. The number of rotatable bonds is 6. The molecule has 32 heavy (non-hydrogen) atoms. The molecule has 0 fully saturated rings. The molecule has 5 aromatic rings. The van der Waals surface area contributed by atoms with E-state index in [1.54, 1.807) is 6.20 Å². The zero-order valence-corrected chi connectivity index (χ0v) is 17.9. The standard InChI is InChI=1S/C25H19N5OS/c31-22(27-21-15-7-11-18-12-8-16-26-23(18)21)17-32-25-29-28-24(19-9-3-1-4-10-19)30(25)20-13-5-2-6-14-20/h1-16H,17H2,(H,27,31). The molecule has 0 radical (unpaired) electrons. The van der Waals surface area contributed by atoms with Gasteiger partial charge in [-0.3, -0.25) is 14.3 Å². The van der Waals surface area contributed by atoms with E-state index in [0.717, 1.165) is 28.0 Å². The fraction of sp³-hybridized carbons (Fsp3) is 0.0400. The van der Waals surface area contributed by atoms with Gasteiger partial charge in [0.15, 0.2) is 11.0 Å². The Balaban J connectivity index is 1.40. The molecule has 0 saturated heterocycles. The van der Waals surface area contributed by atoms with Gasteiger partial charge in [-0.05, 0) is 24.3 Å². The average molecular weight is 438 g/mol. The van der Waals surface area contributed by atoms with Crippen LogP contribution in [0.4, 0.5) is 5.69 Å². The Morgan fingerprint density at radius 3 is 2.41 bits per heavy atom. The summed E-state index contributed by atoms with van der Waals surface area (Å²) in [6.07, 6.45) is 1.72. The van der Waals surface area contributed by atoms with E-state index in [9.17, 15) is 4.79 Å². The number of nitrogens with zero attached hydrogens (tertiary/aromatic N) is 4. The van der Waals surface area contributed by atoms with Crippen molar-refractivity contribution in [1.82, 2.24) is 19.7 Å². The molecular formula is C25H19N5OS. The van der Waals surface area contributed by atoms with Gasteiger partial charge in [0.25, 0.3) is 0 Å². The largest absolute Gasteiger partial charge is 0.323 e. The topological polar surface area (TPSA) is 72.7 Å². The van der Waals surface area contributed by atoms with E-state index in [2.05, 4.69) is 20.5 Å². The van der Waals surface area contributed by atoms with Crippen LogP contribution in [0.25, 0.3) is 28.0 Å². The van der Waals surface area contributed by atoms with Gasteiger partial charge in [0.05, 0.1) is 17.0 Å². The number of hydrogen-bond acceptors (Lipinski definition) is 5. The van der Waals surface area contributed by atoms with Gasteiger partial charge < -0.3 is 5.32 Å². The normalized spacial score (nSPS) is 10.9. The quantitative estimate of drug-likeness (QED) is 0.369. The molecule has 6 nitrogen and oxygen atoms in total. The van der Waals surface area contributed by atoms with Crippen molar-refractivity contribution in [3.05, 3.63) is 97.2 Å². The number of thioether (sulfide) groups is 1. The lowest BCUT2D eigenvalue weighted by atomic mass is 10.2. The average Bonchev–Trinajstić information content (AvgIpc) is 3.28. The van der Waals surface area contributed by atoms with Gasteiger partial charge in [-0.2, -0.15) is 0 Å². The molecule has 0 spiro atoms. The number of anilines is 1. The summed E-state index contributed by atoms with van der Waals surface area (Å²) in [7, 11) is 0. The summed E-state index contributed by atoms with van der Waals surface area (Å²) in [5.41, 5.74) is 3.37. The summed E-state index contributed by atoms with van der Waals surface area (Å²) in [6.45, 7) is 0. The number of carbonyl (C=O) groups is 1. The molecule has 156 valence electrons. The molecule has 3 aromatic carbocycles. The van der Waals surface area contributed by atoms with Crippen molar-refractivity contribution in [2.75, 3.05) is 11.1 Å². The first kappa shape index (κ1) is 20.0. The fourth-order valence-electron chi connectivity index (χ4n) is 3.47. The van der Waals surface area contributed by atoms with E-state index < -0.39 is 0 Å². The van der Waals surface area contributed by atoms with Crippen LogP contribution in [0.2, 0.25) is 0 Å². The number of nitrogens with one attached hydrogen (secondary N) is 1. The highest BCUT2D eigenvalue weighted by molar-refractivity contribution is 7.99. The number of benzene rings is 3. The Kier molecular flexibility index (Phi) is 5.63. The molecule has 7 heteroatoms. The molecule has 0 aliphatic rings. The Bertz CT molecular complexity index is 1360. The maximum Gasteiger partial charge on any atom is 0.234 e.